The summed E-state index contributed by atoms with van der Waals surface area (Å²) in [5, 5.41) is 2.95. The predicted molar refractivity (Wildman–Crippen MR) is 96.9 cm³/mol. The summed E-state index contributed by atoms with van der Waals surface area (Å²) >= 11 is 0. The first-order chi connectivity index (χ1) is 12.2. The van der Waals surface area contributed by atoms with E-state index in [-0.39, 0.29) is 5.91 Å². The number of benzene rings is 1. The molecule has 25 heavy (non-hydrogen) atoms. The lowest BCUT2D eigenvalue weighted by Crippen LogP contribution is -2.37. The first kappa shape index (κ1) is 17.4. The van der Waals surface area contributed by atoms with Crippen molar-refractivity contribution in [3.05, 3.63) is 53.5 Å². The third-order valence-corrected chi connectivity index (χ3v) is 4.16. The molecule has 1 saturated heterocycles. The Morgan fingerprint density at radius 2 is 1.96 bits per heavy atom. The summed E-state index contributed by atoms with van der Waals surface area (Å²) in [6, 6.07) is 12.0. The highest BCUT2D eigenvalue weighted by atomic mass is 16.5. The van der Waals surface area contributed by atoms with E-state index in [0.29, 0.717) is 31.3 Å². The van der Waals surface area contributed by atoms with E-state index >= 15 is 0 Å². The lowest BCUT2D eigenvalue weighted by molar-refractivity contribution is 0.0947. The van der Waals surface area contributed by atoms with Crippen LogP contribution < -0.4 is 10.2 Å². The van der Waals surface area contributed by atoms with Crippen molar-refractivity contribution in [2.75, 3.05) is 37.7 Å². The van der Waals surface area contributed by atoms with Crippen LogP contribution in [-0.2, 0) is 11.2 Å². The van der Waals surface area contributed by atoms with Crippen molar-refractivity contribution in [2.24, 2.45) is 0 Å². The van der Waals surface area contributed by atoms with Crippen LogP contribution in [0.5, 0.6) is 0 Å². The Morgan fingerprint density at radius 1 is 1.20 bits per heavy atom. The molecular weight excluding hydrogens is 316 g/mol. The fourth-order valence-electron chi connectivity index (χ4n) is 2.85. The minimum Gasteiger partial charge on any atom is -0.378 e. The average Bonchev–Trinajstić information content (AvgIpc) is 2.66. The Hall–Kier alpha value is -2.47. The van der Waals surface area contributed by atoms with Crippen LogP contribution in [0.25, 0.3) is 0 Å². The SMILES string of the molecule is Cc1nc(C(=O)NCCCc2ccccc2)cc(N2CCOCC2)n1. The van der Waals surface area contributed by atoms with Gasteiger partial charge in [0.25, 0.3) is 5.91 Å². The largest absolute Gasteiger partial charge is 0.378 e. The molecule has 2 heterocycles. The number of carbonyl (C=O) groups is 1. The van der Waals surface area contributed by atoms with Crippen molar-refractivity contribution < 1.29 is 9.53 Å². The van der Waals surface area contributed by atoms with Crippen molar-refractivity contribution in [3.63, 3.8) is 0 Å². The van der Waals surface area contributed by atoms with Gasteiger partial charge in [-0.15, -0.1) is 0 Å². The van der Waals surface area contributed by atoms with Gasteiger partial charge in [-0.2, -0.15) is 0 Å². The van der Waals surface area contributed by atoms with Gasteiger partial charge in [-0.3, -0.25) is 4.79 Å². The Bertz CT molecular complexity index is 700. The zero-order valence-corrected chi connectivity index (χ0v) is 14.6. The molecule has 1 aliphatic rings. The maximum absolute atomic E-state index is 12.4. The number of rotatable bonds is 6. The molecule has 2 aromatic rings. The van der Waals surface area contributed by atoms with Crippen molar-refractivity contribution >= 4 is 11.7 Å². The quantitative estimate of drug-likeness (QED) is 0.815. The molecule has 0 aliphatic carbocycles. The number of hydrogen-bond donors (Lipinski definition) is 1. The zero-order valence-electron chi connectivity index (χ0n) is 14.6. The van der Waals surface area contributed by atoms with Crippen molar-refractivity contribution in [2.45, 2.75) is 19.8 Å². The molecule has 6 nitrogen and oxygen atoms in total. The second kappa shape index (κ2) is 8.58. The van der Waals surface area contributed by atoms with Crippen LogP contribution in [0.15, 0.2) is 36.4 Å². The van der Waals surface area contributed by atoms with Gasteiger partial charge in [-0.1, -0.05) is 30.3 Å². The Morgan fingerprint density at radius 3 is 2.72 bits per heavy atom. The van der Waals surface area contributed by atoms with E-state index in [1.807, 2.05) is 25.1 Å². The van der Waals surface area contributed by atoms with Gasteiger partial charge in [0.15, 0.2) is 0 Å². The van der Waals surface area contributed by atoms with E-state index < -0.39 is 0 Å². The third kappa shape index (κ3) is 5.00. The Balaban J connectivity index is 1.55. The highest BCUT2D eigenvalue weighted by Gasteiger charge is 2.16. The van der Waals surface area contributed by atoms with Gasteiger partial charge in [0.1, 0.15) is 17.3 Å². The fraction of sp³-hybridized carbons (Fsp3) is 0.421. The molecule has 1 aromatic heterocycles. The maximum atomic E-state index is 12.4. The number of carbonyl (C=O) groups excluding carboxylic acids is 1. The maximum Gasteiger partial charge on any atom is 0.270 e. The summed E-state index contributed by atoms with van der Waals surface area (Å²) in [6.45, 7) is 5.39. The minimum atomic E-state index is -0.145. The van der Waals surface area contributed by atoms with Gasteiger partial charge in [-0.05, 0) is 25.3 Å². The summed E-state index contributed by atoms with van der Waals surface area (Å²) in [7, 11) is 0. The van der Waals surface area contributed by atoms with E-state index in [2.05, 4.69) is 32.3 Å². The van der Waals surface area contributed by atoms with E-state index in [1.54, 1.807) is 6.07 Å². The van der Waals surface area contributed by atoms with Crippen LogP contribution in [0.4, 0.5) is 5.82 Å². The fourth-order valence-corrected chi connectivity index (χ4v) is 2.85. The second-order valence-electron chi connectivity index (χ2n) is 6.10. The van der Waals surface area contributed by atoms with E-state index in [9.17, 15) is 4.79 Å². The molecule has 1 fully saturated rings. The molecule has 6 heteroatoms. The topological polar surface area (TPSA) is 67.4 Å². The number of nitrogens with zero attached hydrogens (tertiary/aromatic N) is 3. The summed E-state index contributed by atoms with van der Waals surface area (Å²) < 4.78 is 5.37. The van der Waals surface area contributed by atoms with Crippen LogP contribution in [0.3, 0.4) is 0 Å². The average molecular weight is 340 g/mol. The van der Waals surface area contributed by atoms with Gasteiger partial charge in [-0.25, -0.2) is 9.97 Å². The Labute approximate surface area is 148 Å². The number of morpholine rings is 1. The standard InChI is InChI=1S/C19H24N4O2/c1-15-21-17(14-18(22-15)23-10-12-25-13-11-23)19(24)20-9-5-8-16-6-3-2-4-7-16/h2-4,6-7,14H,5,8-13H2,1H3,(H,20,24). The summed E-state index contributed by atoms with van der Waals surface area (Å²) in [4.78, 5) is 23.3. The lowest BCUT2D eigenvalue weighted by Gasteiger charge is -2.28. The minimum absolute atomic E-state index is 0.145. The number of nitrogens with one attached hydrogen (secondary N) is 1. The molecule has 1 amide bonds. The van der Waals surface area contributed by atoms with Gasteiger partial charge in [0, 0.05) is 25.7 Å². The molecule has 1 aliphatic heterocycles. The highest BCUT2D eigenvalue weighted by molar-refractivity contribution is 5.92. The van der Waals surface area contributed by atoms with Gasteiger partial charge in [0.05, 0.1) is 13.2 Å². The molecule has 3 rings (SSSR count). The molecule has 0 atom stereocenters. The predicted octanol–water partition coefficient (Wildman–Crippen LogP) is 1.98. The highest BCUT2D eigenvalue weighted by Crippen LogP contribution is 2.14. The normalized spacial score (nSPS) is 14.4. The van der Waals surface area contributed by atoms with Crippen LogP contribution >= 0.6 is 0 Å². The first-order valence-corrected chi connectivity index (χ1v) is 8.73. The molecule has 0 unspecified atom stereocenters. The second-order valence-corrected chi connectivity index (χ2v) is 6.10. The van der Waals surface area contributed by atoms with E-state index in [4.69, 9.17) is 4.74 Å². The van der Waals surface area contributed by atoms with Gasteiger partial charge in [0.2, 0.25) is 0 Å². The van der Waals surface area contributed by atoms with Gasteiger partial charge < -0.3 is 15.0 Å². The molecule has 132 valence electrons. The molecule has 0 spiro atoms. The summed E-state index contributed by atoms with van der Waals surface area (Å²) in [5.74, 6) is 1.26. The number of aryl methyl sites for hydroxylation is 2. The smallest absolute Gasteiger partial charge is 0.270 e. The molecule has 1 aromatic carbocycles. The summed E-state index contributed by atoms with van der Waals surface area (Å²) in [6.07, 6.45) is 1.85. The third-order valence-electron chi connectivity index (χ3n) is 4.16. The van der Waals surface area contributed by atoms with Crippen molar-refractivity contribution in [1.82, 2.24) is 15.3 Å². The van der Waals surface area contributed by atoms with Crippen LogP contribution in [0.2, 0.25) is 0 Å². The first-order valence-electron chi connectivity index (χ1n) is 8.73. The number of hydrogen-bond acceptors (Lipinski definition) is 5. The molecular formula is C19H24N4O2. The van der Waals surface area contributed by atoms with Crippen molar-refractivity contribution in [3.8, 4) is 0 Å². The Kier molecular flexibility index (Phi) is 5.95. The monoisotopic (exact) mass is 340 g/mol. The van der Waals surface area contributed by atoms with E-state index in [1.165, 1.54) is 5.56 Å². The molecule has 0 saturated carbocycles. The molecule has 1 N–H and O–H groups in total. The van der Waals surface area contributed by atoms with Crippen LogP contribution in [0.1, 0.15) is 28.3 Å². The van der Waals surface area contributed by atoms with E-state index in [0.717, 1.165) is 31.7 Å². The number of aromatic nitrogens is 2. The van der Waals surface area contributed by atoms with Gasteiger partial charge >= 0.3 is 0 Å². The van der Waals surface area contributed by atoms with Crippen LogP contribution in [-0.4, -0.2) is 48.7 Å². The molecule has 0 radical (unpaired) electrons. The molecule has 0 bridgehead atoms. The zero-order chi connectivity index (χ0) is 17.5. The number of anilines is 1. The number of amides is 1. The number of ether oxygens (including phenoxy) is 1. The van der Waals surface area contributed by atoms with Crippen molar-refractivity contribution in [1.29, 1.82) is 0 Å². The van der Waals surface area contributed by atoms with Crippen LogP contribution in [0, 0.1) is 6.92 Å². The lowest BCUT2D eigenvalue weighted by atomic mass is 10.1. The summed E-state index contributed by atoms with van der Waals surface area (Å²) in [5.41, 5.74) is 1.71.